The van der Waals surface area contributed by atoms with Crippen molar-refractivity contribution in [3.8, 4) is 10.6 Å². The van der Waals surface area contributed by atoms with Gasteiger partial charge in [0.15, 0.2) is 0 Å². The molecule has 168 valence electrons. The van der Waals surface area contributed by atoms with Crippen LogP contribution in [-0.2, 0) is 17.8 Å². The van der Waals surface area contributed by atoms with Crippen LogP contribution in [0, 0.1) is 5.82 Å². The average Bonchev–Trinajstić information content (AvgIpc) is 3.30. The Balaban J connectivity index is 1.68. The lowest BCUT2D eigenvalue weighted by Gasteiger charge is -2.19. The minimum absolute atomic E-state index is 0.271. The number of hydrogen-bond donors (Lipinski definition) is 3. The lowest BCUT2D eigenvalue weighted by atomic mass is 9.91. The van der Waals surface area contributed by atoms with Crippen molar-refractivity contribution >= 4 is 23.1 Å². The van der Waals surface area contributed by atoms with Gasteiger partial charge in [-0.25, -0.2) is 9.37 Å². The average molecular weight is 462 g/mol. The summed E-state index contributed by atoms with van der Waals surface area (Å²) in [6, 6.07) is 17.8. The van der Waals surface area contributed by atoms with Gasteiger partial charge in [0.25, 0.3) is 0 Å². The Morgan fingerprint density at radius 2 is 2.00 bits per heavy atom. The Hall–Kier alpha value is -3.62. The van der Waals surface area contributed by atoms with E-state index in [4.69, 9.17) is 16.5 Å². The molecule has 0 saturated heterocycles. The summed E-state index contributed by atoms with van der Waals surface area (Å²) in [6.45, 7) is 0.968. The molecule has 0 radical (unpaired) electrons. The van der Waals surface area contributed by atoms with Crippen LogP contribution in [0.15, 0.2) is 73.1 Å². The summed E-state index contributed by atoms with van der Waals surface area (Å²) in [5.41, 5.74) is 14.5. The number of anilines is 1. The number of rotatable bonds is 9. The smallest absolute Gasteiger partial charge is 0.229 e. The molecule has 0 saturated carbocycles. The monoisotopic (exact) mass is 461 g/mol. The Bertz CT molecular complexity index is 1240. The predicted octanol–water partition coefficient (Wildman–Crippen LogP) is 4.07. The second-order valence-corrected chi connectivity index (χ2v) is 8.70. The zero-order valence-corrected chi connectivity index (χ0v) is 18.7. The summed E-state index contributed by atoms with van der Waals surface area (Å²) in [6.07, 6.45) is 3.87. The van der Waals surface area contributed by atoms with Gasteiger partial charge in [-0.2, -0.15) is 0 Å². The fourth-order valence-corrected chi connectivity index (χ4v) is 4.52. The van der Waals surface area contributed by atoms with Crippen molar-refractivity contribution in [1.29, 1.82) is 0 Å². The van der Waals surface area contributed by atoms with Crippen molar-refractivity contribution in [2.24, 2.45) is 11.5 Å². The molecule has 1 aromatic carbocycles. The Morgan fingerprint density at radius 3 is 2.70 bits per heavy atom. The third-order valence-electron chi connectivity index (χ3n) is 5.25. The first-order chi connectivity index (χ1) is 16.0. The number of benzene rings is 1. The molecule has 0 aliphatic carbocycles. The largest absolute Gasteiger partial charge is 0.369 e. The first kappa shape index (κ1) is 22.6. The van der Waals surface area contributed by atoms with E-state index >= 15 is 0 Å². The van der Waals surface area contributed by atoms with Gasteiger partial charge in [0.2, 0.25) is 5.91 Å². The summed E-state index contributed by atoms with van der Waals surface area (Å²) in [5, 5.41) is 3.34. The van der Waals surface area contributed by atoms with Crippen LogP contribution in [0.2, 0.25) is 0 Å². The van der Waals surface area contributed by atoms with Crippen LogP contribution in [0.5, 0.6) is 0 Å². The molecule has 0 bridgehead atoms. The molecule has 4 aromatic rings. The van der Waals surface area contributed by atoms with Crippen LogP contribution in [-0.4, -0.2) is 22.4 Å². The van der Waals surface area contributed by atoms with Gasteiger partial charge in [0, 0.05) is 35.9 Å². The normalized spacial score (nSPS) is 11.8. The van der Waals surface area contributed by atoms with Crippen molar-refractivity contribution in [2.75, 3.05) is 11.9 Å². The fourth-order valence-electron chi connectivity index (χ4n) is 3.67. The molecule has 3 heterocycles. The number of aromatic nitrogens is 2. The molecule has 8 heteroatoms. The summed E-state index contributed by atoms with van der Waals surface area (Å²) >= 11 is 1.58. The molecule has 0 aliphatic heterocycles. The van der Waals surface area contributed by atoms with E-state index in [9.17, 15) is 9.18 Å². The van der Waals surface area contributed by atoms with Gasteiger partial charge < -0.3 is 16.8 Å². The van der Waals surface area contributed by atoms with Crippen LogP contribution in [0.3, 0.4) is 0 Å². The molecule has 0 spiro atoms. The zero-order chi connectivity index (χ0) is 23.2. The van der Waals surface area contributed by atoms with Crippen LogP contribution in [0.1, 0.15) is 27.5 Å². The summed E-state index contributed by atoms with van der Waals surface area (Å²) in [7, 11) is 0. The van der Waals surface area contributed by atoms with Gasteiger partial charge in [-0.3, -0.25) is 9.78 Å². The number of carbonyl (C=O) groups excluding carboxylic acids is 1. The highest BCUT2D eigenvalue weighted by Gasteiger charge is 2.25. The van der Waals surface area contributed by atoms with Crippen molar-refractivity contribution in [2.45, 2.75) is 18.9 Å². The van der Waals surface area contributed by atoms with E-state index in [1.165, 1.54) is 12.1 Å². The van der Waals surface area contributed by atoms with Crippen molar-refractivity contribution < 1.29 is 9.18 Å². The molecular weight excluding hydrogens is 437 g/mol. The minimum Gasteiger partial charge on any atom is -0.369 e. The van der Waals surface area contributed by atoms with E-state index in [2.05, 4.69) is 10.3 Å². The lowest BCUT2D eigenvalue weighted by Crippen LogP contribution is -2.24. The van der Waals surface area contributed by atoms with Gasteiger partial charge >= 0.3 is 0 Å². The Labute approximate surface area is 195 Å². The maximum Gasteiger partial charge on any atom is 0.229 e. The number of nitrogens with one attached hydrogen (secondary N) is 1. The van der Waals surface area contributed by atoms with Gasteiger partial charge in [-0.15, -0.1) is 11.3 Å². The Morgan fingerprint density at radius 1 is 1.12 bits per heavy atom. The Kier molecular flexibility index (Phi) is 7.07. The molecule has 5 N–H and O–H groups in total. The van der Waals surface area contributed by atoms with Gasteiger partial charge in [0.1, 0.15) is 11.6 Å². The highest BCUT2D eigenvalue weighted by molar-refractivity contribution is 7.15. The third kappa shape index (κ3) is 5.42. The predicted molar refractivity (Wildman–Crippen MR) is 129 cm³/mol. The summed E-state index contributed by atoms with van der Waals surface area (Å²) < 4.78 is 13.5. The van der Waals surface area contributed by atoms with Crippen LogP contribution >= 0.6 is 11.3 Å². The highest BCUT2D eigenvalue weighted by atomic mass is 32.1. The molecule has 1 unspecified atom stereocenters. The van der Waals surface area contributed by atoms with Crippen molar-refractivity contribution in [3.05, 3.63) is 100 Å². The van der Waals surface area contributed by atoms with E-state index < -0.39 is 11.8 Å². The molecule has 33 heavy (non-hydrogen) atoms. The van der Waals surface area contributed by atoms with E-state index in [0.717, 1.165) is 21.0 Å². The molecular formula is C25H24FN5OS. The topological polar surface area (TPSA) is 107 Å². The number of amides is 1. The number of carbonyl (C=O) groups is 1. The molecule has 3 aromatic heterocycles. The molecule has 0 aliphatic rings. The van der Waals surface area contributed by atoms with Gasteiger partial charge in [-0.1, -0.05) is 24.3 Å². The van der Waals surface area contributed by atoms with Crippen LogP contribution in [0.4, 0.5) is 10.2 Å². The summed E-state index contributed by atoms with van der Waals surface area (Å²) in [5.74, 6) is -0.918. The second kappa shape index (κ2) is 10.3. The first-order valence-corrected chi connectivity index (χ1v) is 11.3. The van der Waals surface area contributed by atoms with Crippen LogP contribution in [0.25, 0.3) is 10.6 Å². The number of thiophene rings is 1. The molecule has 1 atom stereocenters. The molecule has 0 fully saturated rings. The van der Waals surface area contributed by atoms with Crippen LogP contribution < -0.4 is 16.8 Å². The standard InChI is InChI=1S/C25H24FN5OS/c26-18-5-1-3-16(13-18)10-12-30-25-20(23(24(28)32)17-4-2-11-29-15-17)7-8-21(31-25)22-9-6-19(14-27)33-22/h1-9,11,13,15,23H,10,12,14,27H2,(H2,28,32)(H,30,31). The number of halogens is 1. The second-order valence-electron chi connectivity index (χ2n) is 7.53. The number of pyridine rings is 2. The first-order valence-electron chi connectivity index (χ1n) is 10.5. The van der Waals surface area contributed by atoms with E-state index in [1.807, 2.05) is 36.4 Å². The number of hydrogen-bond acceptors (Lipinski definition) is 6. The lowest BCUT2D eigenvalue weighted by molar-refractivity contribution is -0.118. The van der Waals surface area contributed by atoms with E-state index in [1.54, 1.807) is 35.9 Å². The maximum atomic E-state index is 13.5. The molecule has 1 amide bonds. The summed E-state index contributed by atoms with van der Waals surface area (Å²) in [4.78, 5) is 23.5. The quantitative estimate of drug-likeness (QED) is 0.348. The molecule has 4 rings (SSSR count). The van der Waals surface area contributed by atoms with Crippen molar-refractivity contribution in [3.63, 3.8) is 0 Å². The number of nitrogens with zero attached hydrogens (tertiary/aromatic N) is 2. The maximum absolute atomic E-state index is 13.5. The number of primary amides is 1. The third-order valence-corrected chi connectivity index (χ3v) is 6.38. The van der Waals surface area contributed by atoms with E-state index in [-0.39, 0.29) is 5.82 Å². The minimum atomic E-state index is -0.708. The fraction of sp³-hybridized carbons (Fsp3) is 0.160. The number of nitrogens with two attached hydrogens (primary N) is 2. The van der Waals surface area contributed by atoms with Gasteiger partial charge in [-0.05, 0) is 53.9 Å². The van der Waals surface area contributed by atoms with Crippen molar-refractivity contribution in [1.82, 2.24) is 9.97 Å². The zero-order valence-electron chi connectivity index (χ0n) is 17.9. The molecule has 6 nitrogen and oxygen atoms in total. The van der Waals surface area contributed by atoms with Gasteiger partial charge in [0.05, 0.1) is 16.5 Å². The highest BCUT2D eigenvalue weighted by Crippen LogP contribution is 2.33. The SMILES string of the molecule is NCc1ccc(-c2ccc(C(C(N)=O)c3cccnc3)c(NCCc3cccc(F)c3)n2)s1. The van der Waals surface area contributed by atoms with E-state index in [0.29, 0.717) is 36.5 Å².